The van der Waals surface area contributed by atoms with E-state index in [1.807, 2.05) is 37.3 Å². The summed E-state index contributed by atoms with van der Waals surface area (Å²) < 4.78 is 10.9. The Hall–Kier alpha value is -2.80. The molecule has 1 aromatic heterocycles. The zero-order valence-corrected chi connectivity index (χ0v) is 16.8. The molecule has 0 saturated carbocycles. The summed E-state index contributed by atoms with van der Waals surface area (Å²) in [5, 5.41) is 2.92. The Morgan fingerprint density at radius 1 is 1.18 bits per heavy atom. The van der Waals surface area contributed by atoms with Crippen LogP contribution in [0.4, 0.5) is 5.82 Å². The van der Waals surface area contributed by atoms with Crippen LogP contribution in [0.25, 0.3) is 0 Å². The van der Waals surface area contributed by atoms with Crippen molar-refractivity contribution in [2.75, 3.05) is 51.8 Å². The number of pyridine rings is 1. The number of rotatable bonds is 7. The van der Waals surface area contributed by atoms with E-state index in [0.29, 0.717) is 18.0 Å². The first-order chi connectivity index (χ1) is 13.6. The van der Waals surface area contributed by atoms with Gasteiger partial charge in [0.15, 0.2) is 18.1 Å². The van der Waals surface area contributed by atoms with Crippen molar-refractivity contribution >= 4 is 11.7 Å². The first-order valence-electron chi connectivity index (χ1n) is 9.48. The number of hydrogen-bond acceptors (Lipinski definition) is 6. The molecule has 2 aromatic rings. The molecule has 1 saturated heterocycles. The second-order valence-corrected chi connectivity index (χ2v) is 7.00. The summed E-state index contributed by atoms with van der Waals surface area (Å²) in [4.78, 5) is 21.4. The Bertz CT molecular complexity index is 804. The Balaban J connectivity index is 1.55. The van der Waals surface area contributed by atoms with Gasteiger partial charge in [0.25, 0.3) is 5.91 Å². The number of piperazine rings is 1. The van der Waals surface area contributed by atoms with Crippen LogP contribution in [0.15, 0.2) is 36.5 Å². The molecule has 0 bridgehead atoms. The van der Waals surface area contributed by atoms with Gasteiger partial charge in [-0.1, -0.05) is 12.1 Å². The highest BCUT2D eigenvalue weighted by molar-refractivity contribution is 5.77. The highest BCUT2D eigenvalue weighted by atomic mass is 16.5. The molecule has 1 aromatic carbocycles. The molecule has 1 N–H and O–H groups in total. The summed E-state index contributed by atoms with van der Waals surface area (Å²) in [6.07, 6.45) is 1.80. The maximum Gasteiger partial charge on any atom is 0.258 e. The number of amides is 1. The van der Waals surface area contributed by atoms with Gasteiger partial charge in [0.05, 0.1) is 7.11 Å². The Kier molecular flexibility index (Phi) is 6.71. The summed E-state index contributed by atoms with van der Waals surface area (Å²) >= 11 is 0. The number of nitrogens with zero attached hydrogens (tertiary/aromatic N) is 3. The van der Waals surface area contributed by atoms with Crippen LogP contribution in [0.2, 0.25) is 0 Å². The summed E-state index contributed by atoms with van der Waals surface area (Å²) in [6, 6.07) is 9.52. The summed E-state index contributed by atoms with van der Waals surface area (Å²) in [5.74, 6) is 1.94. The number of likely N-dealkylation sites (N-methyl/N-ethyl adjacent to an activating group) is 1. The van der Waals surface area contributed by atoms with Crippen molar-refractivity contribution < 1.29 is 14.3 Å². The molecule has 3 rings (SSSR count). The predicted molar refractivity (Wildman–Crippen MR) is 109 cm³/mol. The van der Waals surface area contributed by atoms with E-state index in [-0.39, 0.29) is 12.5 Å². The van der Waals surface area contributed by atoms with Crippen LogP contribution in [0.3, 0.4) is 0 Å². The van der Waals surface area contributed by atoms with Crippen LogP contribution in [-0.4, -0.2) is 62.7 Å². The topological polar surface area (TPSA) is 66.9 Å². The molecule has 1 aliphatic heterocycles. The highest BCUT2D eigenvalue weighted by Gasteiger charge is 2.18. The molecule has 0 atom stereocenters. The van der Waals surface area contributed by atoms with Crippen molar-refractivity contribution in [2.24, 2.45) is 0 Å². The van der Waals surface area contributed by atoms with Gasteiger partial charge < -0.3 is 24.6 Å². The monoisotopic (exact) mass is 384 g/mol. The van der Waals surface area contributed by atoms with Gasteiger partial charge in [0.2, 0.25) is 0 Å². The summed E-state index contributed by atoms with van der Waals surface area (Å²) in [7, 11) is 3.71. The third-order valence-electron chi connectivity index (χ3n) is 4.82. The second kappa shape index (κ2) is 9.41. The number of ether oxygens (including phenoxy) is 2. The average Bonchev–Trinajstić information content (AvgIpc) is 2.72. The number of nitrogens with one attached hydrogen (secondary N) is 1. The number of aryl methyl sites for hydroxylation is 1. The standard InChI is InChI=1S/C21H28N4O3/c1-16-6-7-18(19(13-16)27-3)28-15-20(26)23-14-17-5-4-8-22-21(17)25-11-9-24(2)10-12-25/h4-8,13H,9-12,14-15H2,1-3H3,(H,23,26). The average molecular weight is 384 g/mol. The quantitative estimate of drug-likeness (QED) is 0.786. The molecule has 1 fully saturated rings. The molecule has 0 spiro atoms. The van der Waals surface area contributed by atoms with Crippen molar-refractivity contribution in [3.8, 4) is 11.5 Å². The van der Waals surface area contributed by atoms with Crippen LogP contribution in [-0.2, 0) is 11.3 Å². The lowest BCUT2D eigenvalue weighted by atomic mass is 10.2. The fraction of sp³-hybridized carbons (Fsp3) is 0.429. The van der Waals surface area contributed by atoms with Crippen molar-refractivity contribution in [2.45, 2.75) is 13.5 Å². The molecule has 0 unspecified atom stereocenters. The van der Waals surface area contributed by atoms with Gasteiger partial charge in [-0.3, -0.25) is 4.79 Å². The van der Waals surface area contributed by atoms with Gasteiger partial charge >= 0.3 is 0 Å². The van der Waals surface area contributed by atoms with Gasteiger partial charge in [-0.2, -0.15) is 0 Å². The first-order valence-corrected chi connectivity index (χ1v) is 9.48. The van der Waals surface area contributed by atoms with E-state index in [4.69, 9.17) is 9.47 Å². The largest absolute Gasteiger partial charge is 0.493 e. The van der Waals surface area contributed by atoms with Crippen LogP contribution < -0.4 is 19.7 Å². The Morgan fingerprint density at radius 3 is 2.71 bits per heavy atom. The van der Waals surface area contributed by atoms with Gasteiger partial charge in [-0.25, -0.2) is 4.98 Å². The molecular weight excluding hydrogens is 356 g/mol. The predicted octanol–water partition coefficient (Wildman–Crippen LogP) is 1.85. The number of carbonyl (C=O) groups excluding carboxylic acids is 1. The zero-order chi connectivity index (χ0) is 19.9. The molecule has 150 valence electrons. The molecule has 1 amide bonds. The molecule has 7 nitrogen and oxygen atoms in total. The van der Waals surface area contributed by atoms with Crippen LogP contribution >= 0.6 is 0 Å². The van der Waals surface area contributed by atoms with Crippen LogP contribution in [0.5, 0.6) is 11.5 Å². The minimum Gasteiger partial charge on any atom is -0.493 e. The van der Waals surface area contributed by atoms with Crippen molar-refractivity contribution in [3.05, 3.63) is 47.7 Å². The van der Waals surface area contributed by atoms with E-state index in [1.54, 1.807) is 13.3 Å². The molecular formula is C21H28N4O3. The second-order valence-electron chi connectivity index (χ2n) is 7.00. The first kappa shape index (κ1) is 19.9. The van der Waals surface area contributed by atoms with Gasteiger partial charge in [0.1, 0.15) is 5.82 Å². The lowest BCUT2D eigenvalue weighted by Gasteiger charge is -2.34. The van der Waals surface area contributed by atoms with E-state index < -0.39 is 0 Å². The normalized spacial score (nSPS) is 14.6. The summed E-state index contributed by atoms with van der Waals surface area (Å²) in [5.41, 5.74) is 2.08. The fourth-order valence-electron chi connectivity index (χ4n) is 3.15. The number of aromatic nitrogens is 1. The highest BCUT2D eigenvalue weighted by Crippen LogP contribution is 2.27. The number of anilines is 1. The van der Waals surface area contributed by atoms with Gasteiger partial charge in [-0.15, -0.1) is 0 Å². The maximum absolute atomic E-state index is 12.3. The molecule has 7 heteroatoms. The van der Waals surface area contributed by atoms with Gasteiger partial charge in [-0.05, 0) is 37.7 Å². The third-order valence-corrected chi connectivity index (χ3v) is 4.82. The Morgan fingerprint density at radius 2 is 1.96 bits per heavy atom. The lowest BCUT2D eigenvalue weighted by molar-refractivity contribution is -0.123. The molecule has 2 heterocycles. The van der Waals surface area contributed by atoms with E-state index in [2.05, 4.69) is 27.1 Å². The van der Waals surface area contributed by atoms with Crippen LogP contribution in [0.1, 0.15) is 11.1 Å². The minimum absolute atomic E-state index is 0.0659. The van der Waals surface area contributed by atoms with Crippen molar-refractivity contribution in [3.63, 3.8) is 0 Å². The number of methoxy groups -OCH3 is 1. The van der Waals surface area contributed by atoms with Crippen molar-refractivity contribution in [1.29, 1.82) is 0 Å². The maximum atomic E-state index is 12.3. The minimum atomic E-state index is -0.184. The van der Waals surface area contributed by atoms with Crippen molar-refractivity contribution in [1.82, 2.24) is 15.2 Å². The zero-order valence-electron chi connectivity index (χ0n) is 16.8. The van der Waals surface area contributed by atoms with Crippen LogP contribution in [0, 0.1) is 6.92 Å². The van der Waals surface area contributed by atoms with E-state index >= 15 is 0 Å². The smallest absolute Gasteiger partial charge is 0.258 e. The molecule has 1 aliphatic rings. The summed E-state index contributed by atoms with van der Waals surface area (Å²) in [6.45, 7) is 6.22. The SMILES string of the molecule is COc1cc(C)ccc1OCC(=O)NCc1cccnc1N1CCN(C)CC1. The Labute approximate surface area is 166 Å². The van der Waals surface area contributed by atoms with E-state index in [9.17, 15) is 4.79 Å². The molecule has 0 aliphatic carbocycles. The third kappa shape index (κ3) is 5.13. The fourth-order valence-corrected chi connectivity index (χ4v) is 3.15. The lowest BCUT2D eigenvalue weighted by Crippen LogP contribution is -2.45. The van der Waals surface area contributed by atoms with Gasteiger partial charge in [0, 0.05) is 44.5 Å². The number of carbonyl (C=O) groups is 1. The number of hydrogen-bond donors (Lipinski definition) is 1. The molecule has 0 radical (unpaired) electrons. The molecule has 28 heavy (non-hydrogen) atoms. The van der Waals surface area contributed by atoms with E-state index in [1.165, 1.54) is 0 Å². The van der Waals surface area contributed by atoms with E-state index in [0.717, 1.165) is 43.1 Å². The number of benzene rings is 1.